The minimum Gasteiger partial charge on any atom is -0.352 e. The minimum absolute atomic E-state index is 0.0118. The van der Waals surface area contributed by atoms with Crippen molar-refractivity contribution < 1.29 is 4.79 Å². The normalized spacial score (nSPS) is 15.1. The number of amides is 1. The van der Waals surface area contributed by atoms with Gasteiger partial charge in [-0.1, -0.05) is 35.6 Å². The van der Waals surface area contributed by atoms with Gasteiger partial charge in [-0.3, -0.25) is 9.59 Å². The summed E-state index contributed by atoms with van der Waals surface area (Å²) in [5.41, 5.74) is 2.88. The van der Waals surface area contributed by atoms with Crippen LogP contribution in [0.5, 0.6) is 0 Å². The van der Waals surface area contributed by atoms with Gasteiger partial charge < -0.3 is 10.2 Å². The van der Waals surface area contributed by atoms with Crippen LogP contribution in [0.25, 0.3) is 4.96 Å². The monoisotopic (exact) mass is 397 g/mol. The molecule has 1 N–H and O–H groups in total. The highest BCUT2D eigenvalue weighted by Gasteiger charge is 2.26. The Morgan fingerprint density at radius 3 is 2.75 bits per heavy atom. The molecule has 3 heterocycles. The Balaban J connectivity index is 1.36. The molecule has 0 radical (unpaired) electrons. The molecule has 1 aliphatic heterocycles. The Morgan fingerprint density at radius 1 is 1.25 bits per heavy atom. The molecule has 1 amide bonds. The first-order chi connectivity index (χ1) is 13.5. The third kappa shape index (κ3) is 3.77. The van der Waals surface area contributed by atoms with E-state index in [2.05, 4.69) is 33.3 Å². The highest BCUT2D eigenvalue weighted by molar-refractivity contribution is 7.20. The fourth-order valence-electron chi connectivity index (χ4n) is 3.51. The minimum atomic E-state index is -0.157. The molecule has 2 aromatic heterocycles. The fraction of sp³-hybridized carbons (Fsp3) is 0.400. The maximum atomic E-state index is 12.6. The molecule has 3 aromatic rings. The molecule has 1 fully saturated rings. The van der Waals surface area contributed by atoms with Crippen molar-refractivity contribution in [3.63, 3.8) is 0 Å². The van der Waals surface area contributed by atoms with Crippen molar-refractivity contribution in [1.82, 2.24) is 19.9 Å². The average molecular weight is 398 g/mol. The van der Waals surface area contributed by atoms with Crippen LogP contribution in [-0.2, 0) is 11.3 Å². The summed E-state index contributed by atoms with van der Waals surface area (Å²) in [6, 6.07) is 9.58. The van der Waals surface area contributed by atoms with Gasteiger partial charge in [0, 0.05) is 37.3 Å². The van der Waals surface area contributed by atoms with Crippen LogP contribution in [0.2, 0.25) is 0 Å². The topological polar surface area (TPSA) is 79.6 Å². The van der Waals surface area contributed by atoms with Crippen molar-refractivity contribution in [3.05, 3.63) is 57.5 Å². The molecule has 0 bridgehead atoms. The second-order valence-corrected chi connectivity index (χ2v) is 8.15. The zero-order valence-corrected chi connectivity index (χ0v) is 16.8. The van der Waals surface area contributed by atoms with Crippen LogP contribution in [0.3, 0.4) is 0 Å². The van der Waals surface area contributed by atoms with E-state index < -0.39 is 0 Å². The van der Waals surface area contributed by atoms with Crippen molar-refractivity contribution in [2.75, 3.05) is 18.0 Å². The number of rotatable bonds is 4. The summed E-state index contributed by atoms with van der Waals surface area (Å²) in [5, 5.41) is 8.28. The molecule has 1 aromatic carbocycles. The molecule has 1 aliphatic rings. The van der Waals surface area contributed by atoms with Crippen molar-refractivity contribution >= 4 is 27.3 Å². The van der Waals surface area contributed by atoms with Crippen LogP contribution in [-0.4, -0.2) is 33.6 Å². The predicted octanol–water partition coefficient (Wildman–Crippen LogP) is 2.30. The van der Waals surface area contributed by atoms with E-state index in [1.165, 1.54) is 27.5 Å². The number of hydrogen-bond donors (Lipinski definition) is 1. The number of hydrogen-bond acceptors (Lipinski definition) is 6. The van der Waals surface area contributed by atoms with E-state index in [1.807, 2.05) is 25.1 Å². The van der Waals surface area contributed by atoms with Crippen LogP contribution in [0, 0.1) is 19.8 Å². The zero-order valence-electron chi connectivity index (χ0n) is 16.0. The lowest BCUT2D eigenvalue weighted by Crippen LogP contribution is -2.40. The predicted molar refractivity (Wildman–Crippen MR) is 110 cm³/mol. The van der Waals surface area contributed by atoms with Crippen LogP contribution < -0.4 is 15.8 Å². The van der Waals surface area contributed by atoms with Gasteiger partial charge >= 0.3 is 0 Å². The average Bonchev–Trinajstić information content (AvgIpc) is 3.11. The highest BCUT2D eigenvalue weighted by atomic mass is 32.1. The largest absolute Gasteiger partial charge is 0.352 e. The van der Waals surface area contributed by atoms with Crippen molar-refractivity contribution in [2.45, 2.75) is 33.2 Å². The van der Waals surface area contributed by atoms with Gasteiger partial charge in [-0.15, -0.1) is 5.10 Å². The summed E-state index contributed by atoms with van der Waals surface area (Å²) in [6.07, 6.45) is 1.55. The molecule has 0 atom stereocenters. The number of nitrogens with zero attached hydrogens (tertiary/aromatic N) is 4. The van der Waals surface area contributed by atoms with Gasteiger partial charge in [0.15, 0.2) is 0 Å². The van der Waals surface area contributed by atoms with Crippen LogP contribution in [0.15, 0.2) is 35.1 Å². The molecule has 1 saturated heterocycles. The van der Waals surface area contributed by atoms with Gasteiger partial charge in [0.05, 0.1) is 0 Å². The number of anilines is 1. The first-order valence-corrected chi connectivity index (χ1v) is 10.3. The molecule has 28 heavy (non-hydrogen) atoms. The number of benzene rings is 1. The summed E-state index contributed by atoms with van der Waals surface area (Å²) in [5.74, 6) is 0.124. The molecule has 7 nitrogen and oxygen atoms in total. The Kier molecular flexibility index (Phi) is 5.13. The van der Waals surface area contributed by atoms with E-state index >= 15 is 0 Å². The fourth-order valence-corrected chi connectivity index (χ4v) is 4.51. The summed E-state index contributed by atoms with van der Waals surface area (Å²) >= 11 is 1.42. The summed E-state index contributed by atoms with van der Waals surface area (Å²) in [6.45, 7) is 5.92. The van der Waals surface area contributed by atoms with Gasteiger partial charge in [0.25, 0.3) is 5.56 Å². The second-order valence-electron chi connectivity index (χ2n) is 7.22. The van der Waals surface area contributed by atoms with Crippen molar-refractivity contribution in [1.29, 1.82) is 0 Å². The number of aryl methyl sites for hydroxylation is 2. The number of carbonyl (C=O) groups excluding carboxylic acids is 1. The lowest BCUT2D eigenvalue weighted by Gasteiger charge is -2.30. The Hall–Kier alpha value is -2.74. The number of aromatic nitrogens is 3. The summed E-state index contributed by atoms with van der Waals surface area (Å²) in [7, 11) is 0. The lowest BCUT2D eigenvalue weighted by atomic mass is 9.96. The standard InChI is InChI=1S/C20H23N5O2S/c1-13-5-3-4-6-16(13)12-21-18(27)15-7-9-24(10-8-15)20-23-25-17(26)11-14(2)22-19(25)28-20/h3-6,11,15H,7-10,12H2,1-2H3,(H,21,27). The Bertz CT molecular complexity index is 1070. The smallest absolute Gasteiger partial charge is 0.275 e. The van der Waals surface area contributed by atoms with Gasteiger partial charge in [-0.2, -0.15) is 4.52 Å². The summed E-state index contributed by atoms with van der Waals surface area (Å²) < 4.78 is 1.36. The van der Waals surface area contributed by atoms with Gasteiger partial charge in [-0.05, 0) is 37.8 Å². The molecule has 0 unspecified atom stereocenters. The van der Waals surface area contributed by atoms with Crippen LogP contribution >= 0.6 is 11.3 Å². The molecule has 0 spiro atoms. The summed E-state index contributed by atoms with van der Waals surface area (Å²) in [4.78, 5) is 31.7. The zero-order chi connectivity index (χ0) is 19.7. The second kappa shape index (κ2) is 7.71. The number of fused-ring (bicyclic) bond motifs is 1. The molecule has 8 heteroatoms. The third-order valence-electron chi connectivity index (χ3n) is 5.21. The maximum absolute atomic E-state index is 12.6. The first kappa shape index (κ1) is 18.6. The van der Waals surface area contributed by atoms with Crippen LogP contribution in [0.1, 0.15) is 29.7 Å². The number of carbonyl (C=O) groups is 1. The van der Waals surface area contributed by atoms with Gasteiger partial charge in [0.1, 0.15) is 0 Å². The van der Waals surface area contributed by atoms with Gasteiger partial charge in [0.2, 0.25) is 16.0 Å². The van der Waals surface area contributed by atoms with E-state index in [0.29, 0.717) is 17.2 Å². The van der Waals surface area contributed by atoms with E-state index in [-0.39, 0.29) is 17.4 Å². The van der Waals surface area contributed by atoms with Crippen molar-refractivity contribution in [2.24, 2.45) is 5.92 Å². The Morgan fingerprint density at radius 2 is 2.00 bits per heavy atom. The van der Waals surface area contributed by atoms with E-state index in [9.17, 15) is 9.59 Å². The van der Waals surface area contributed by atoms with Crippen molar-refractivity contribution in [3.8, 4) is 0 Å². The first-order valence-electron chi connectivity index (χ1n) is 9.46. The van der Waals surface area contributed by atoms with E-state index in [4.69, 9.17) is 0 Å². The van der Waals surface area contributed by atoms with Gasteiger partial charge in [-0.25, -0.2) is 4.98 Å². The van der Waals surface area contributed by atoms with E-state index in [0.717, 1.165) is 36.6 Å². The molecule has 146 valence electrons. The molecule has 0 saturated carbocycles. The maximum Gasteiger partial charge on any atom is 0.275 e. The quantitative estimate of drug-likeness (QED) is 0.731. The molecule has 4 rings (SSSR count). The molecular formula is C20H23N5O2S. The Labute approximate surface area is 167 Å². The number of piperidine rings is 1. The molecule has 0 aliphatic carbocycles. The van der Waals surface area contributed by atoms with Crippen LogP contribution in [0.4, 0.5) is 5.13 Å². The lowest BCUT2D eigenvalue weighted by molar-refractivity contribution is -0.125. The number of nitrogens with one attached hydrogen (secondary N) is 1. The SMILES string of the molecule is Cc1cc(=O)n2nc(N3CCC(C(=O)NCc4ccccc4C)CC3)sc2n1. The third-order valence-corrected chi connectivity index (χ3v) is 6.18. The highest BCUT2D eigenvalue weighted by Crippen LogP contribution is 2.27. The molecular weight excluding hydrogens is 374 g/mol. The van der Waals surface area contributed by atoms with E-state index in [1.54, 1.807) is 0 Å².